The molecule has 0 bridgehead atoms. The quantitative estimate of drug-likeness (QED) is 0.582. The van der Waals surface area contributed by atoms with Crippen molar-refractivity contribution < 1.29 is 4.74 Å². The molecular weight excluding hydrogens is 296 g/mol. The van der Waals surface area contributed by atoms with E-state index in [1.165, 1.54) is 11.1 Å². The third-order valence-electron chi connectivity index (χ3n) is 3.85. The van der Waals surface area contributed by atoms with Gasteiger partial charge in [0.25, 0.3) is 0 Å². The van der Waals surface area contributed by atoms with E-state index in [9.17, 15) is 0 Å². The van der Waals surface area contributed by atoms with Crippen LogP contribution in [-0.4, -0.2) is 12.1 Å². The van der Waals surface area contributed by atoms with E-state index in [4.69, 9.17) is 10.5 Å². The molecule has 0 saturated heterocycles. The fraction of sp³-hybridized carbons (Fsp3) is 0.429. The first-order valence-corrected chi connectivity index (χ1v) is 8.65. The molecule has 0 atom stereocenters. The summed E-state index contributed by atoms with van der Waals surface area (Å²) in [5, 5.41) is 3.51. The lowest BCUT2D eigenvalue weighted by molar-refractivity contribution is 0.308. The van der Waals surface area contributed by atoms with Gasteiger partial charge in [0.15, 0.2) is 0 Å². The van der Waals surface area contributed by atoms with Gasteiger partial charge in [0.1, 0.15) is 12.4 Å². The Labute approximate surface area is 146 Å². The van der Waals surface area contributed by atoms with E-state index < -0.39 is 0 Å². The Bertz CT molecular complexity index is 659. The number of nitrogens with one attached hydrogen (secondary N) is 1. The maximum absolute atomic E-state index is 6.15. The normalized spacial score (nSPS) is 11.5. The summed E-state index contributed by atoms with van der Waals surface area (Å²) in [6, 6.07) is 14.5. The van der Waals surface area contributed by atoms with Gasteiger partial charge in [-0.1, -0.05) is 35.9 Å². The maximum Gasteiger partial charge on any atom is 0.142 e. The number of benzene rings is 2. The van der Waals surface area contributed by atoms with Crippen molar-refractivity contribution in [3.63, 3.8) is 0 Å². The van der Waals surface area contributed by atoms with Gasteiger partial charge in [0.2, 0.25) is 0 Å². The maximum atomic E-state index is 6.15. The Balaban J connectivity index is 1.85. The zero-order valence-electron chi connectivity index (χ0n) is 15.4. The van der Waals surface area contributed by atoms with Gasteiger partial charge in [0, 0.05) is 5.54 Å². The Kier molecular flexibility index (Phi) is 6.27. The minimum absolute atomic E-state index is 0.173. The van der Waals surface area contributed by atoms with Gasteiger partial charge in [0.05, 0.1) is 5.69 Å². The standard InChI is InChI=1S/C21H30N2O/c1-16-7-5-8-18(13-16)15-24-20-11-10-17(14-19(20)22)9-6-12-23-21(2,3)4/h5,7-8,10-11,13-14,23H,6,9,12,15,22H2,1-4H3. The van der Waals surface area contributed by atoms with Crippen molar-refractivity contribution in [1.29, 1.82) is 0 Å². The van der Waals surface area contributed by atoms with Crippen LogP contribution in [0.1, 0.15) is 43.9 Å². The lowest BCUT2D eigenvalue weighted by Gasteiger charge is -2.20. The van der Waals surface area contributed by atoms with E-state index in [0.717, 1.165) is 30.7 Å². The number of nitrogens with two attached hydrogens (primary N) is 1. The average molecular weight is 326 g/mol. The summed E-state index contributed by atoms with van der Waals surface area (Å²) in [5.41, 5.74) is 10.7. The lowest BCUT2D eigenvalue weighted by Crippen LogP contribution is -2.36. The zero-order valence-corrected chi connectivity index (χ0v) is 15.4. The smallest absolute Gasteiger partial charge is 0.142 e. The molecule has 130 valence electrons. The molecule has 0 saturated carbocycles. The second kappa shape index (κ2) is 8.20. The third-order valence-corrected chi connectivity index (χ3v) is 3.85. The average Bonchev–Trinajstić information content (AvgIpc) is 2.50. The van der Waals surface area contributed by atoms with Crippen LogP contribution < -0.4 is 15.8 Å². The van der Waals surface area contributed by atoms with Crippen LogP contribution in [0.3, 0.4) is 0 Å². The Morgan fingerprint density at radius 2 is 1.83 bits per heavy atom. The van der Waals surface area contributed by atoms with E-state index in [1.54, 1.807) is 0 Å². The number of rotatable bonds is 7. The highest BCUT2D eigenvalue weighted by Gasteiger charge is 2.08. The molecule has 0 amide bonds. The first kappa shape index (κ1) is 18.3. The molecule has 0 spiro atoms. The topological polar surface area (TPSA) is 47.3 Å². The van der Waals surface area contributed by atoms with Crippen molar-refractivity contribution in [2.45, 2.75) is 52.7 Å². The van der Waals surface area contributed by atoms with Crippen LogP contribution in [0.15, 0.2) is 42.5 Å². The molecule has 0 fully saturated rings. The summed E-state index contributed by atoms with van der Waals surface area (Å²) in [6.45, 7) is 10.2. The third kappa shape index (κ3) is 6.25. The predicted octanol–water partition coefficient (Wildman–Crippen LogP) is 4.48. The van der Waals surface area contributed by atoms with Crippen LogP contribution in [-0.2, 0) is 13.0 Å². The molecule has 3 N–H and O–H groups in total. The van der Waals surface area contributed by atoms with Crippen LogP contribution in [0.2, 0.25) is 0 Å². The summed E-state index contributed by atoms with van der Waals surface area (Å²) in [7, 11) is 0. The molecule has 0 aliphatic carbocycles. The van der Waals surface area contributed by atoms with Crippen LogP contribution in [0.5, 0.6) is 5.75 Å². The van der Waals surface area contributed by atoms with Crippen LogP contribution in [0.25, 0.3) is 0 Å². The molecule has 2 aromatic carbocycles. The molecule has 0 radical (unpaired) electrons. The van der Waals surface area contributed by atoms with Gasteiger partial charge < -0.3 is 15.8 Å². The van der Waals surface area contributed by atoms with Crippen LogP contribution in [0, 0.1) is 6.92 Å². The molecule has 0 aromatic heterocycles. The van der Waals surface area contributed by atoms with Gasteiger partial charge >= 0.3 is 0 Å². The van der Waals surface area contributed by atoms with Crippen molar-refractivity contribution in [3.8, 4) is 5.75 Å². The lowest BCUT2D eigenvalue weighted by atomic mass is 10.1. The van der Waals surface area contributed by atoms with Crippen LogP contribution >= 0.6 is 0 Å². The van der Waals surface area contributed by atoms with E-state index >= 15 is 0 Å². The van der Waals surface area contributed by atoms with Crippen molar-refractivity contribution in [2.75, 3.05) is 12.3 Å². The Hall–Kier alpha value is -2.00. The zero-order chi connectivity index (χ0) is 17.6. The first-order valence-electron chi connectivity index (χ1n) is 8.65. The molecule has 3 nitrogen and oxygen atoms in total. The van der Waals surface area contributed by atoms with Crippen molar-refractivity contribution in [3.05, 3.63) is 59.2 Å². The van der Waals surface area contributed by atoms with Crippen LogP contribution in [0.4, 0.5) is 5.69 Å². The van der Waals surface area contributed by atoms with E-state index in [-0.39, 0.29) is 5.54 Å². The molecule has 2 rings (SSSR count). The minimum atomic E-state index is 0.173. The molecule has 2 aromatic rings. The highest BCUT2D eigenvalue weighted by Crippen LogP contribution is 2.24. The number of aryl methyl sites for hydroxylation is 2. The summed E-state index contributed by atoms with van der Waals surface area (Å²) >= 11 is 0. The highest BCUT2D eigenvalue weighted by atomic mass is 16.5. The highest BCUT2D eigenvalue weighted by molar-refractivity contribution is 5.54. The summed E-state index contributed by atoms with van der Waals surface area (Å²) in [5.74, 6) is 0.757. The number of hydrogen-bond donors (Lipinski definition) is 2. The summed E-state index contributed by atoms with van der Waals surface area (Å²) < 4.78 is 5.87. The van der Waals surface area contributed by atoms with E-state index in [0.29, 0.717) is 12.3 Å². The molecular formula is C21H30N2O. The Morgan fingerprint density at radius 1 is 1.04 bits per heavy atom. The van der Waals surface area contributed by atoms with Gasteiger partial charge in [-0.05, 0) is 70.3 Å². The van der Waals surface area contributed by atoms with Gasteiger partial charge in [-0.25, -0.2) is 0 Å². The number of hydrogen-bond acceptors (Lipinski definition) is 3. The molecule has 3 heteroatoms. The monoisotopic (exact) mass is 326 g/mol. The van der Waals surface area contributed by atoms with Gasteiger partial charge in [-0.2, -0.15) is 0 Å². The fourth-order valence-electron chi connectivity index (χ4n) is 2.60. The van der Waals surface area contributed by atoms with E-state index in [1.807, 2.05) is 18.2 Å². The number of nitrogen functional groups attached to an aromatic ring is 1. The second-order valence-corrected chi connectivity index (χ2v) is 7.43. The van der Waals surface area contributed by atoms with Crippen molar-refractivity contribution >= 4 is 5.69 Å². The largest absolute Gasteiger partial charge is 0.487 e. The van der Waals surface area contributed by atoms with E-state index in [2.05, 4.69) is 57.3 Å². The van der Waals surface area contributed by atoms with Crippen molar-refractivity contribution in [2.24, 2.45) is 0 Å². The van der Waals surface area contributed by atoms with Gasteiger partial charge in [-0.3, -0.25) is 0 Å². The first-order chi connectivity index (χ1) is 11.3. The molecule has 24 heavy (non-hydrogen) atoms. The fourth-order valence-corrected chi connectivity index (χ4v) is 2.60. The molecule has 0 unspecified atom stereocenters. The Morgan fingerprint density at radius 3 is 2.50 bits per heavy atom. The minimum Gasteiger partial charge on any atom is -0.487 e. The second-order valence-electron chi connectivity index (χ2n) is 7.43. The number of anilines is 1. The van der Waals surface area contributed by atoms with Crippen molar-refractivity contribution in [1.82, 2.24) is 5.32 Å². The number of ether oxygens (including phenoxy) is 1. The van der Waals surface area contributed by atoms with Gasteiger partial charge in [-0.15, -0.1) is 0 Å². The molecule has 0 aliphatic heterocycles. The molecule has 0 heterocycles. The molecule has 0 aliphatic rings. The summed E-state index contributed by atoms with van der Waals surface area (Å²) in [6.07, 6.45) is 2.12. The SMILES string of the molecule is Cc1cccc(COc2ccc(CCCNC(C)(C)C)cc2N)c1. The summed E-state index contributed by atoms with van der Waals surface area (Å²) in [4.78, 5) is 0. The predicted molar refractivity (Wildman–Crippen MR) is 102 cm³/mol.